The molecule has 4 heteroatoms. The highest BCUT2D eigenvalue weighted by atomic mass is 16.4. The molecule has 0 fully saturated rings. The maximum absolute atomic E-state index is 10.3. The molecule has 0 aliphatic heterocycles. The maximum atomic E-state index is 10.3. The molecule has 0 saturated heterocycles. The van der Waals surface area contributed by atoms with Gasteiger partial charge in [0.25, 0.3) is 0 Å². The van der Waals surface area contributed by atoms with Crippen molar-refractivity contribution in [2.24, 2.45) is 0 Å². The highest BCUT2D eigenvalue weighted by Gasteiger charge is 2.01. The Bertz CT molecular complexity index is 260. The summed E-state index contributed by atoms with van der Waals surface area (Å²) in [4.78, 5) is 20.3. The van der Waals surface area contributed by atoms with Crippen LogP contribution in [0.3, 0.4) is 0 Å². The largest absolute Gasteiger partial charge is 0.478 e. The van der Waals surface area contributed by atoms with Gasteiger partial charge in [0.05, 0.1) is 5.57 Å². The first-order chi connectivity index (χ1) is 5.57. The van der Waals surface area contributed by atoms with Crippen molar-refractivity contribution >= 4 is 11.9 Å². The van der Waals surface area contributed by atoms with Gasteiger partial charge in [-0.15, -0.1) is 0 Å². The lowest BCUT2D eigenvalue weighted by atomic mass is 10.2. The van der Waals surface area contributed by atoms with Crippen molar-refractivity contribution in [1.29, 1.82) is 0 Å². The van der Waals surface area contributed by atoms with Crippen LogP contribution in [0.1, 0.15) is 0 Å². The summed E-state index contributed by atoms with van der Waals surface area (Å²) in [6.45, 7) is 3.29. The van der Waals surface area contributed by atoms with Gasteiger partial charge in [-0.25, -0.2) is 9.59 Å². The van der Waals surface area contributed by atoms with E-state index in [0.29, 0.717) is 0 Å². The van der Waals surface area contributed by atoms with E-state index in [1.807, 2.05) is 0 Å². The summed E-state index contributed by atoms with van der Waals surface area (Å²) >= 11 is 0. The fourth-order valence-electron chi connectivity index (χ4n) is 0.486. The predicted octanol–water partition coefficient (Wildman–Crippen LogP) is 0.824. The summed E-state index contributed by atoms with van der Waals surface area (Å²) in [5.41, 5.74) is -0.118. The van der Waals surface area contributed by atoms with Gasteiger partial charge in [0, 0.05) is 6.08 Å². The van der Waals surface area contributed by atoms with Gasteiger partial charge in [0.15, 0.2) is 0 Å². The highest BCUT2D eigenvalue weighted by molar-refractivity contribution is 5.92. The SMILES string of the molecule is C=CC=C(C=CC(=O)O)C(=O)O. The molecule has 0 saturated carbocycles. The number of hydrogen-bond donors (Lipinski definition) is 2. The zero-order valence-electron chi connectivity index (χ0n) is 6.23. The lowest BCUT2D eigenvalue weighted by Gasteiger charge is -1.89. The Balaban J connectivity index is 4.55. The quantitative estimate of drug-likeness (QED) is 0.481. The smallest absolute Gasteiger partial charge is 0.335 e. The second-order valence-corrected chi connectivity index (χ2v) is 1.83. The molecule has 0 unspecified atom stereocenters. The van der Waals surface area contributed by atoms with Gasteiger partial charge < -0.3 is 10.2 Å². The average Bonchev–Trinajstić information content (AvgIpc) is 1.96. The van der Waals surface area contributed by atoms with E-state index in [1.54, 1.807) is 0 Å². The van der Waals surface area contributed by atoms with Crippen molar-refractivity contribution in [2.75, 3.05) is 0 Å². The molecular formula is C8H8O4. The molecule has 0 aromatic heterocycles. The molecule has 0 amide bonds. The third kappa shape index (κ3) is 4.05. The number of carboxylic acid groups (broad SMARTS) is 2. The van der Waals surface area contributed by atoms with E-state index in [0.717, 1.165) is 12.2 Å². The highest BCUT2D eigenvalue weighted by Crippen LogP contribution is 1.97. The first kappa shape index (κ1) is 10.2. The molecule has 12 heavy (non-hydrogen) atoms. The molecule has 0 bridgehead atoms. The molecule has 0 atom stereocenters. The number of carbonyl (C=O) groups is 2. The summed E-state index contributed by atoms with van der Waals surface area (Å²) in [5, 5.41) is 16.6. The third-order valence-corrected chi connectivity index (χ3v) is 0.950. The Morgan fingerprint density at radius 1 is 1.17 bits per heavy atom. The summed E-state index contributed by atoms with van der Waals surface area (Å²) < 4.78 is 0. The van der Waals surface area contributed by atoms with Crippen molar-refractivity contribution in [3.05, 3.63) is 36.5 Å². The average molecular weight is 168 g/mol. The van der Waals surface area contributed by atoms with Crippen LogP contribution < -0.4 is 0 Å². The number of allylic oxidation sites excluding steroid dienone is 2. The van der Waals surface area contributed by atoms with E-state index < -0.39 is 11.9 Å². The number of rotatable bonds is 4. The Morgan fingerprint density at radius 2 is 1.75 bits per heavy atom. The Labute approximate surface area is 69.1 Å². The van der Waals surface area contributed by atoms with Gasteiger partial charge in [0.2, 0.25) is 0 Å². The Kier molecular flexibility index (Phi) is 4.15. The van der Waals surface area contributed by atoms with Gasteiger partial charge >= 0.3 is 11.9 Å². The van der Waals surface area contributed by atoms with E-state index in [-0.39, 0.29) is 5.57 Å². The summed E-state index contributed by atoms with van der Waals surface area (Å²) in [7, 11) is 0. The molecule has 0 heterocycles. The summed E-state index contributed by atoms with van der Waals surface area (Å²) in [6.07, 6.45) is 4.23. The van der Waals surface area contributed by atoms with Crippen LogP contribution in [0.25, 0.3) is 0 Å². The van der Waals surface area contributed by atoms with Crippen LogP contribution in [0.4, 0.5) is 0 Å². The fraction of sp³-hybridized carbons (Fsp3) is 0. The van der Waals surface area contributed by atoms with Crippen LogP contribution in [0.15, 0.2) is 36.5 Å². The van der Waals surface area contributed by atoms with Crippen molar-refractivity contribution in [3.8, 4) is 0 Å². The molecule has 2 N–H and O–H groups in total. The van der Waals surface area contributed by atoms with E-state index in [1.165, 1.54) is 12.2 Å². The van der Waals surface area contributed by atoms with E-state index in [9.17, 15) is 9.59 Å². The topological polar surface area (TPSA) is 74.6 Å². The molecule has 0 rings (SSSR count). The lowest BCUT2D eigenvalue weighted by molar-refractivity contribution is -0.132. The van der Waals surface area contributed by atoms with Crippen LogP contribution >= 0.6 is 0 Å². The molecule has 0 aromatic rings. The van der Waals surface area contributed by atoms with Crippen molar-refractivity contribution in [2.45, 2.75) is 0 Å². The minimum absolute atomic E-state index is 0.118. The molecule has 0 spiro atoms. The molecular weight excluding hydrogens is 160 g/mol. The van der Waals surface area contributed by atoms with Gasteiger partial charge in [-0.1, -0.05) is 12.7 Å². The minimum Gasteiger partial charge on any atom is -0.478 e. The Hall–Kier alpha value is -1.84. The van der Waals surface area contributed by atoms with Crippen molar-refractivity contribution < 1.29 is 19.8 Å². The van der Waals surface area contributed by atoms with Crippen molar-refractivity contribution in [3.63, 3.8) is 0 Å². The summed E-state index contributed by atoms with van der Waals surface area (Å²) in [6, 6.07) is 0. The van der Waals surface area contributed by atoms with Crippen LogP contribution in [-0.4, -0.2) is 22.2 Å². The minimum atomic E-state index is -1.19. The number of aliphatic carboxylic acids is 2. The van der Waals surface area contributed by atoms with E-state index >= 15 is 0 Å². The number of hydrogen-bond acceptors (Lipinski definition) is 2. The normalized spacial score (nSPS) is 11.5. The monoisotopic (exact) mass is 168 g/mol. The first-order valence-electron chi connectivity index (χ1n) is 3.05. The second-order valence-electron chi connectivity index (χ2n) is 1.83. The van der Waals surface area contributed by atoms with Gasteiger partial charge in [0.1, 0.15) is 0 Å². The zero-order chi connectivity index (χ0) is 9.56. The maximum Gasteiger partial charge on any atom is 0.335 e. The predicted molar refractivity (Wildman–Crippen MR) is 42.7 cm³/mol. The zero-order valence-corrected chi connectivity index (χ0v) is 6.23. The fourth-order valence-corrected chi connectivity index (χ4v) is 0.486. The van der Waals surface area contributed by atoms with Crippen LogP contribution in [-0.2, 0) is 9.59 Å². The van der Waals surface area contributed by atoms with Gasteiger partial charge in [-0.3, -0.25) is 0 Å². The summed E-state index contributed by atoms with van der Waals surface area (Å²) in [5.74, 6) is -2.38. The third-order valence-electron chi connectivity index (χ3n) is 0.950. The number of carboxylic acids is 2. The molecule has 0 aliphatic rings. The Morgan fingerprint density at radius 3 is 2.08 bits per heavy atom. The van der Waals surface area contributed by atoms with Gasteiger partial charge in [-0.05, 0) is 12.2 Å². The standard InChI is InChI=1S/C8H8O4/c1-2-3-6(8(11)12)4-5-7(9)10/h2-5H,1H2,(H,9,10)(H,11,12). The molecule has 0 radical (unpaired) electrons. The van der Waals surface area contributed by atoms with E-state index in [4.69, 9.17) is 10.2 Å². The van der Waals surface area contributed by atoms with Crippen molar-refractivity contribution in [1.82, 2.24) is 0 Å². The van der Waals surface area contributed by atoms with Gasteiger partial charge in [-0.2, -0.15) is 0 Å². The second kappa shape index (κ2) is 4.90. The van der Waals surface area contributed by atoms with E-state index in [2.05, 4.69) is 6.58 Å². The molecule has 0 aliphatic carbocycles. The molecule has 0 aromatic carbocycles. The molecule has 64 valence electrons. The van der Waals surface area contributed by atoms with Crippen LogP contribution in [0.5, 0.6) is 0 Å². The van der Waals surface area contributed by atoms with Crippen LogP contribution in [0, 0.1) is 0 Å². The lowest BCUT2D eigenvalue weighted by Crippen LogP contribution is -1.98. The van der Waals surface area contributed by atoms with Crippen LogP contribution in [0.2, 0.25) is 0 Å². The first-order valence-corrected chi connectivity index (χ1v) is 3.05. The molecule has 4 nitrogen and oxygen atoms in total.